The molecule has 0 spiro atoms. The molecule has 0 heterocycles. The molecule has 2 N–H and O–H groups in total. The van der Waals surface area contributed by atoms with Gasteiger partial charge in [0.2, 0.25) is 5.91 Å². The fourth-order valence-electron chi connectivity index (χ4n) is 2.20. The van der Waals surface area contributed by atoms with Gasteiger partial charge in [-0.25, -0.2) is 0 Å². The minimum atomic E-state index is -0.374. The number of carbonyl (C=O) groups is 1. The Kier molecular flexibility index (Phi) is 7.70. The van der Waals surface area contributed by atoms with Crippen LogP contribution >= 0.6 is 11.8 Å². The molecule has 0 fully saturated rings. The van der Waals surface area contributed by atoms with E-state index in [4.69, 9.17) is 0 Å². The number of rotatable bonds is 8. The second-order valence-electron chi connectivity index (χ2n) is 5.29. The molecule has 0 aliphatic carbocycles. The Hall–Kier alpha value is -1.00. The van der Waals surface area contributed by atoms with Crippen molar-refractivity contribution in [3.05, 3.63) is 35.9 Å². The van der Waals surface area contributed by atoms with E-state index >= 15 is 0 Å². The Morgan fingerprint density at radius 3 is 2.50 bits per heavy atom. The molecule has 1 aromatic rings. The van der Waals surface area contributed by atoms with Crippen molar-refractivity contribution in [3.63, 3.8) is 0 Å². The predicted octanol–water partition coefficient (Wildman–Crippen LogP) is 2.66. The Labute approximate surface area is 126 Å². The van der Waals surface area contributed by atoms with Crippen molar-refractivity contribution < 1.29 is 9.90 Å². The molecule has 3 unspecified atom stereocenters. The molecule has 4 heteroatoms. The van der Waals surface area contributed by atoms with E-state index in [0.29, 0.717) is 13.0 Å². The molecule has 0 radical (unpaired) electrons. The van der Waals surface area contributed by atoms with Crippen LogP contribution in [0.1, 0.15) is 31.7 Å². The molecule has 0 aromatic heterocycles. The lowest BCUT2D eigenvalue weighted by molar-refractivity contribution is -0.123. The van der Waals surface area contributed by atoms with Gasteiger partial charge in [-0.05, 0) is 25.2 Å². The molecular weight excluding hydrogens is 270 g/mol. The third-order valence-corrected chi connectivity index (χ3v) is 4.12. The highest BCUT2D eigenvalue weighted by Gasteiger charge is 2.17. The molecule has 1 aromatic carbocycles. The number of nitrogens with one attached hydrogen (secondary N) is 1. The van der Waals surface area contributed by atoms with Crippen molar-refractivity contribution in [3.8, 4) is 0 Å². The van der Waals surface area contributed by atoms with E-state index in [2.05, 4.69) is 5.32 Å². The maximum atomic E-state index is 12.0. The molecule has 0 saturated carbocycles. The van der Waals surface area contributed by atoms with Gasteiger partial charge in [0.15, 0.2) is 0 Å². The highest BCUT2D eigenvalue weighted by Crippen LogP contribution is 2.20. The molecule has 3 atom stereocenters. The summed E-state index contributed by atoms with van der Waals surface area (Å²) in [7, 11) is 0. The first-order valence-electron chi connectivity index (χ1n) is 7.04. The molecule has 3 nitrogen and oxygen atoms in total. The van der Waals surface area contributed by atoms with Gasteiger partial charge in [0.05, 0.1) is 6.10 Å². The molecule has 0 aliphatic heterocycles. The minimum absolute atomic E-state index is 0.0213. The predicted molar refractivity (Wildman–Crippen MR) is 86.0 cm³/mol. The number of benzene rings is 1. The Balaban J connectivity index is 2.60. The monoisotopic (exact) mass is 295 g/mol. The lowest BCUT2D eigenvalue weighted by atomic mass is 9.93. The average molecular weight is 295 g/mol. The number of aliphatic hydroxyl groups excluding tert-OH is 1. The van der Waals surface area contributed by atoms with Crippen molar-refractivity contribution >= 4 is 17.7 Å². The second kappa shape index (κ2) is 9.03. The number of hydrogen-bond acceptors (Lipinski definition) is 3. The van der Waals surface area contributed by atoms with Crippen LogP contribution in [0.3, 0.4) is 0 Å². The van der Waals surface area contributed by atoms with E-state index in [1.54, 1.807) is 18.7 Å². The second-order valence-corrected chi connectivity index (χ2v) is 6.20. The minimum Gasteiger partial charge on any atom is -0.393 e. The smallest absolute Gasteiger partial charge is 0.223 e. The van der Waals surface area contributed by atoms with Gasteiger partial charge in [-0.1, -0.05) is 37.3 Å². The van der Waals surface area contributed by atoms with Gasteiger partial charge in [0.1, 0.15) is 0 Å². The molecule has 20 heavy (non-hydrogen) atoms. The molecule has 0 bridgehead atoms. The Morgan fingerprint density at radius 2 is 1.95 bits per heavy atom. The van der Waals surface area contributed by atoms with E-state index in [9.17, 15) is 9.90 Å². The molecule has 1 rings (SSSR count). The normalized spacial score (nSPS) is 15.4. The van der Waals surface area contributed by atoms with Crippen molar-refractivity contribution in [1.29, 1.82) is 0 Å². The zero-order valence-corrected chi connectivity index (χ0v) is 13.3. The summed E-state index contributed by atoms with van der Waals surface area (Å²) in [4.78, 5) is 12.0. The quantitative estimate of drug-likeness (QED) is 0.775. The third kappa shape index (κ3) is 5.97. The molecule has 1 amide bonds. The fourth-order valence-corrected chi connectivity index (χ4v) is 2.85. The van der Waals surface area contributed by atoms with E-state index in [1.807, 2.05) is 43.5 Å². The topological polar surface area (TPSA) is 49.3 Å². The van der Waals surface area contributed by atoms with Crippen LogP contribution < -0.4 is 5.32 Å². The molecule has 0 saturated heterocycles. The first-order valence-corrected chi connectivity index (χ1v) is 8.43. The SMILES string of the molecule is CSCC(C)C(=O)NCC(CC(C)O)c1ccccc1. The fraction of sp³-hybridized carbons (Fsp3) is 0.562. The lowest BCUT2D eigenvalue weighted by Gasteiger charge is -2.20. The first kappa shape index (κ1) is 17.1. The van der Waals surface area contributed by atoms with E-state index in [-0.39, 0.29) is 23.8 Å². The van der Waals surface area contributed by atoms with Crippen molar-refractivity contribution in [1.82, 2.24) is 5.32 Å². The third-order valence-electron chi connectivity index (χ3n) is 3.28. The summed E-state index contributed by atoms with van der Waals surface area (Å²) in [6.07, 6.45) is 2.28. The lowest BCUT2D eigenvalue weighted by Crippen LogP contribution is -2.34. The van der Waals surface area contributed by atoms with Crippen molar-refractivity contribution in [2.45, 2.75) is 32.3 Å². The van der Waals surface area contributed by atoms with Crippen LogP contribution in [0.5, 0.6) is 0 Å². The standard InChI is InChI=1S/C16H25NO2S/c1-12(11-20-3)16(19)17-10-15(9-13(2)18)14-7-5-4-6-8-14/h4-8,12-13,15,18H,9-11H2,1-3H3,(H,17,19). The summed E-state index contributed by atoms with van der Waals surface area (Å²) < 4.78 is 0. The van der Waals surface area contributed by atoms with E-state index < -0.39 is 0 Å². The zero-order chi connectivity index (χ0) is 15.0. The average Bonchev–Trinajstić information content (AvgIpc) is 2.44. The number of hydrogen-bond donors (Lipinski definition) is 2. The maximum Gasteiger partial charge on any atom is 0.223 e. The summed E-state index contributed by atoms with van der Waals surface area (Å²) in [5.41, 5.74) is 1.16. The molecule has 0 aliphatic rings. The van der Waals surface area contributed by atoms with Crippen LogP contribution in [0.25, 0.3) is 0 Å². The highest BCUT2D eigenvalue weighted by molar-refractivity contribution is 7.98. The Morgan fingerprint density at radius 1 is 1.30 bits per heavy atom. The van der Waals surface area contributed by atoms with Gasteiger partial charge in [-0.2, -0.15) is 11.8 Å². The molecule has 112 valence electrons. The van der Waals surface area contributed by atoms with Gasteiger partial charge in [-0.3, -0.25) is 4.79 Å². The van der Waals surface area contributed by atoms with Gasteiger partial charge in [-0.15, -0.1) is 0 Å². The summed E-state index contributed by atoms with van der Waals surface area (Å²) in [5, 5.41) is 12.6. The van der Waals surface area contributed by atoms with E-state index in [0.717, 1.165) is 11.3 Å². The number of thioether (sulfide) groups is 1. The van der Waals surface area contributed by atoms with Gasteiger partial charge >= 0.3 is 0 Å². The van der Waals surface area contributed by atoms with Crippen LogP contribution in [0.15, 0.2) is 30.3 Å². The van der Waals surface area contributed by atoms with Gasteiger partial charge in [0.25, 0.3) is 0 Å². The van der Waals surface area contributed by atoms with Gasteiger partial charge < -0.3 is 10.4 Å². The van der Waals surface area contributed by atoms with Crippen molar-refractivity contribution in [2.24, 2.45) is 5.92 Å². The van der Waals surface area contributed by atoms with Crippen LogP contribution in [0, 0.1) is 5.92 Å². The molecular formula is C16H25NO2S. The zero-order valence-electron chi connectivity index (χ0n) is 12.5. The summed E-state index contributed by atoms with van der Waals surface area (Å²) >= 11 is 1.68. The number of amides is 1. The van der Waals surface area contributed by atoms with Crippen LogP contribution in [-0.2, 0) is 4.79 Å². The first-order chi connectivity index (χ1) is 9.54. The Bertz CT molecular complexity index is 395. The number of aliphatic hydroxyl groups is 1. The summed E-state index contributed by atoms with van der Waals surface area (Å²) in [6.45, 7) is 4.30. The van der Waals surface area contributed by atoms with Crippen LogP contribution in [-0.4, -0.2) is 35.7 Å². The maximum absolute atomic E-state index is 12.0. The summed E-state index contributed by atoms with van der Waals surface area (Å²) in [5.74, 6) is 1.10. The number of carbonyl (C=O) groups excluding carboxylic acids is 1. The summed E-state index contributed by atoms with van der Waals surface area (Å²) in [6, 6.07) is 10.0. The van der Waals surface area contributed by atoms with E-state index in [1.165, 1.54) is 0 Å². The van der Waals surface area contributed by atoms with Crippen LogP contribution in [0.2, 0.25) is 0 Å². The van der Waals surface area contributed by atoms with Crippen LogP contribution in [0.4, 0.5) is 0 Å². The largest absolute Gasteiger partial charge is 0.393 e. The highest BCUT2D eigenvalue weighted by atomic mass is 32.2. The van der Waals surface area contributed by atoms with Crippen molar-refractivity contribution in [2.75, 3.05) is 18.6 Å². The van der Waals surface area contributed by atoms with Gasteiger partial charge in [0, 0.05) is 24.1 Å².